The zero-order chi connectivity index (χ0) is 12.3. The standard InChI is InChI=1S/C12H15ClN2O2/c13-11-6-10(3-4-14-11)12(17)15-5-1-2-9(7-15)8-16/h3-4,6,9,16H,1-2,5,7-8H2/t9-/m0/s1. The monoisotopic (exact) mass is 254 g/mol. The number of aliphatic hydroxyl groups excluding tert-OH is 1. The van der Waals surface area contributed by atoms with Crippen LogP contribution in [-0.2, 0) is 0 Å². The lowest BCUT2D eigenvalue weighted by Crippen LogP contribution is -2.40. The highest BCUT2D eigenvalue weighted by Gasteiger charge is 2.24. The Labute approximate surface area is 105 Å². The van der Waals surface area contributed by atoms with Gasteiger partial charge in [0, 0.05) is 31.5 Å². The molecule has 1 aromatic rings. The van der Waals surface area contributed by atoms with Crippen LogP contribution in [0.5, 0.6) is 0 Å². The summed E-state index contributed by atoms with van der Waals surface area (Å²) in [4.78, 5) is 17.8. The van der Waals surface area contributed by atoms with Gasteiger partial charge in [-0.05, 0) is 30.9 Å². The number of halogens is 1. The van der Waals surface area contributed by atoms with Gasteiger partial charge in [0.2, 0.25) is 0 Å². The lowest BCUT2D eigenvalue weighted by atomic mass is 9.98. The maximum Gasteiger partial charge on any atom is 0.254 e. The smallest absolute Gasteiger partial charge is 0.254 e. The summed E-state index contributed by atoms with van der Waals surface area (Å²) < 4.78 is 0. The molecule has 1 aliphatic heterocycles. The number of rotatable bonds is 2. The van der Waals surface area contributed by atoms with Gasteiger partial charge < -0.3 is 10.0 Å². The summed E-state index contributed by atoms with van der Waals surface area (Å²) in [6.07, 6.45) is 3.45. The SMILES string of the molecule is O=C(c1ccnc(Cl)c1)N1CCC[C@H](CO)C1. The van der Waals surface area contributed by atoms with Gasteiger partial charge in [-0.3, -0.25) is 4.79 Å². The molecule has 1 aromatic heterocycles. The molecule has 1 fully saturated rings. The van der Waals surface area contributed by atoms with Crippen LogP contribution < -0.4 is 0 Å². The van der Waals surface area contributed by atoms with Crippen LogP contribution >= 0.6 is 11.6 Å². The predicted molar refractivity (Wildman–Crippen MR) is 65.0 cm³/mol. The lowest BCUT2D eigenvalue weighted by molar-refractivity contribution is 0.0620. The van der Waals surface area contributed by atoms with E-state index in [4.69, 9.17) is 16.7 Å². The maximum atomic E-state index is 12.2. The molecule has 0 radical (unpaired) electrons. The quantitative estimate of drug-likeness (QED) is 0.816. The van der Waals surface area contributed by atoms with E-state index in [1.807, 2.05) is 0 Å². The Kier molecular flexibility index (Phi) is 3.97. The molecule has 1 N–H and O–H groups in total. The van der Waals surface area contributed by atoms with Gasteiger partial charge in [-0.1, -0.05) is 11.6 Å². The zero-order valence-corrected chi connectivity index (χ0v) is 10.2. The number of hydrogen-bond acceptors (Lipinski definition) is 3. The van der Waals surface area contributed by atoms with Gasteiger partial charge in [-0.15, -0.1) is 0 Å². The van der Waals surface area contributed by atoms with E-state index >= 15 is 0 Å². The summed E-state index contributed by atoms with van der Waals surface area (Å²) in [5.41, 5.74) is 0.559. The van der Waals surface area contributed by atoms with Gasteiger partial charge in [0.1, 0.15) is 5.15 Å². The van der Waals surface area contributed by atoms with Crippen LogP contribution in [0.3, 0.4) is 0 Å². The number of hydrogen-bond donors (Lipinski definition) is 1. The first-order valence-corrected chi connectivity index (χ1v) is 6.10. The number of nitrogens with zero attached hydrogens (tertiary/aromatic N) is 2. The molecule has 2 rings (SSSR count). The van der Waals surface area contributed by atoms with E-state index in [0.29, 0.717) is 17.3 Å². The minimum Gasteiger partial charge on any atom is -0.396 e. The van der Waals surface area contributed by atoms with Gasteiger partial charge in [-0.2, -0.15) is 0 Å². The molecular formula is C12H15ClN2O2. The highest BCUT2D eigenvalue weighted by atomic mass is 35.5. The van der Waals surface area contributed by atoms with E-state index in [2.05, 4.69) is 4.98 Å². The van der Waals surface area contributed by atoms with Crippen molar-refractivity contribution in [1.29, 1.82) is 0 Å². The van der Waals surface area contributed by atoms with Crippen molar-refractivity contribution in [3.63, 3.8) is 0 Å². The van der Waals surface area contributed by atoms with E-state index in [-0.39, 0.29) is 18.4 Å². The molecule has 0 aromatic carbocycles. The molecule has 17 heavy (non-hydrogen) atoms. The second kappa shape index (κ2) is 5.47. The van der Waals surface area contributed by atoms with Gasteiger partial charge in [-0.25, -0.2) is 4.98 Å². The number of aliphatic hydroxyl groups is 1. The van der Waals surface area contributed by atoms with Crippen LogP contribution in [0, 0.1) is 5.92 Å². The highest BCUT2D eigenvalue weighted by molar-refractivity contribution is 6.29. The van der Waals surface area contributed by atoms with Crippen molar-refractivity contribution < 1.29 is 9.90 Å². The average Bonchev–Trinajstić information content (AvgIpc) is 2.38. The van der Waals surface area contributed by atoms with E-state index in [1.54, 1.807) is 17.0 Å². The summed E-state index contributed by atoms with van der Waals surface area (Å²) in [6, 6.07) is 3.24. The predicted octanol–water partition coefficient (Wildman–Crippen LogP) is 1.58. The van der Waals surface area contributed by atoms with Crippen molar-refractivity contribution >= 4 is 17.5 Å². The molecule has 1 saturated heterocycles. The zero-order valence-electron chi connectivity index (χ0n) is 9.47. The fourth-order valence-corrected chi connectivity index (χ4v) is 2.29. The van der Waals surface area contributed by atoms with E-state index in [1.165, 1.54) is 6.20 Å². The largest absolute Gasteiger partial charge is 0.396 e. The van der Waals surface area contributed by atoms with Crippen molar-refractivity contribution in [2.75, 3.05) is 19.7 Å². The third kappa shape index (κ3) is 2.96. The highest BCUT2D eigenvalue weighted by Crippen LogP contribution is 2.18. The summed E-state index contributed by atoms with van der Waals surface area (Å²) in [5.74, 6) is 0.164. The molecule has 0 aliphatic carbocycles. The van der Waals surface area contributed by atoms with E-state index in [0.717, 1.165) is 19.4 Å². The molecule has 4 nitrogen and oxygen atoms in total. The molecule has 1 amide bonds. The van der Waals surface area contributed by atoms with Crippen LogP contribution in [0.25, 0.3) is 0 Å². The van der Waals surface area contributed by atoms with Crippen molar-refractivity contribution in [2.45, 2.75) is 12.8 Å². The molecule has 0 saturated carbocycles. The van der Waals surface area contributed by atoms with Crippen LogP contribution in [0.4, 0.5) is 0 Å². The minimum absolute atomic E-state index is 0.0348. The molecule has 1 aliphatic rings. The summed E-state index contributed by atoms with van der Waals surface area (Å²) >= 11 is 5.76. The minimum atomic E-state index is -0.0348. The number of pyridine rings is 1. The lowest BCUT2D eigenvalue weighted by Gasteiger charge is -2.31. The van der Waals surface area contributed by atoms with E-state index < -0.39 is 0 Å². The van der Waals surface area contributed by atoms with Gasteiger partial charge in [0.15, 0.2) is 0 Å². The molecule has 0 bridgehead atoms. The Bertz CT molecular complexity index is 411. The first kappa shape index (κ1) is 12.3. The van der Waals surface area contributed by atoms with Crippen molar-refractivity contribution in [1.82, 2.24) is 9.88 Å². The van der Waals surface area contributed by atoms with Crippen LogP contribution in [0.2, 0.25) is 5.15 Å². The topological polar surface area (TPSA) is 53.4 Å². The molecule has 92 valence electrons. The first-order chi connectivity index (χ1) is 8.20. The van der Waals surface area contributed by atoms with Gasteiger partial charge >= 0.3 is 0 Å². The second-order valence-electron chi connectivity index (χ2n) is 4.31. The number of carbonyl (C=O) groups excluding carboxylic acids is 1. The summed E-state index contributed by atoms with van der Waals surface area (Å²) in [7, 11) is 0. The second-order valence-corrected chi connectivity index (χ2v) is 4.70. The maximum absolute atomic E-state index is 12.2. The Morgan fingerprint density at radius 3 is 3.18 bits per heavy atom. The van der Waals surface area contributed by atoms with Crippen LogP contribution in [0.15, 0.2) is 18.3 Å². The molecule has 0 unspecified atom stereocenters. The Morgan fingerprint density at radius 2 is 2.47 bits per heavy atom. The molecule has 0 spiro atoms. The van der Waals surface area contributed by atoms with Crippen LogP contribution in [-0.4, -0.2) is 40.6 Å². The normalized spacial score (nSPS) is 20.4. The number of amides is 1. The molecule has 1 atom stereocenters. The summed E-state index contributed by atoms with van der Waals surface area (Å²) in [5, 5.41) is 9.46. The Balaban J connectivity index is 2.09. The number of piperidine rings is 1. The molecule has 2 heterocycles. The first-order valence-electron chi connectivity index (χ1n) is 5.72. The number of aromatic nitrogens is 1. The number of likely N-dealkylation sites (tertiary alicyclic amines) is 1. The number of carbonyl (C=O) groups is 1. The van der Waals surface area contributed by atoms with E-state index in [9.17, 15) is 4.79 Å². The third-order valence-corrected chi connectivity index (χ3v) is 3.24. The van der Waals surface area contributed by atoms with Crippen molar-refractivity contribution in [3.8, 4) is 0 Å². The fourth-order valence-electron chi connectivity index (χ4n) is 2.12. The molecule has 5 heteroatoms. The van der Waals surface area contributed by atoms with Crippen LogP contribution in [0.1, 0.15) is 23.2 Å². The van der Waals surface area contributed by atoms with Gasteiger partial charge in [0.25, 0.3) is 5.91 Å². The molecular weight excluding hydrogens is 240 g/mol. The Hall–Kier alpha value is -1.13. The van der Waals surface area contributed by atoms with Crippen molar-refractivity contribution in [3.05, 3.63) is 29.0 Å². The average molecular weight is 255 g/mol. The fraction of sp³-hybridized carbons (Fsp3) is 0.500. The third-order valence-electron chi connectivity index (χ3n) is 3.04. The summed E-state index contributed by atoms with van der Waals surface area (Å²) in [6.45, 7) is 1.51. The van der Waals surface area contributed by atoms with Gasteiger partial charge in [0.05, 0.1) is 0 Å². The van der Waals surface area contributed by atoms with Crippen molar-refractivity contribution in [2.24, 2.45) is 5.92 Å². The Morgan fingerprint density at radius 1 is 1.65 bits per heavy atom.